The van der Waals surface area contributed by atoms with E-state index in [-0.39, 0.29) is 23.2 Å². The summed E-state index contributed by atoms with van der Waals surface area (Å²) in [5.41, 5.74) is 0.744. The lowest BCUT2D eigenvalue weighted by Crippen LogP contribution is -2.48. The minimum absolute atomic E-state index is 0.184. The van der Waals surface area contributed by atoms with E-state index in [1.807, 2.05) is 6.07 Å². The molecule has 4 heteroatoms. The second-order valence-electron chi connectivity index (χ2n) is 7.02. The first-order valence-electron chi connectivity index (χ1n) is 8.89. The van der Waals surface area contributed by atoms with Crippen LogP contribution < -0.4 is 5.32 Å². The summed E-state index contributed by atoms with van der Waals surface area (Å²) >= 11 is 0. The van der Waals surface area contributed by atoms with E-state index in [4.69, 9.17) is 0 Å². The Bertz CT molecular complexity index is 576. The van der Waals surface area contributed by atoms with Gasteiger partial charge in [-0.2, -0.15) is 0 Å². The first kappa shape index (κ1) is 16.4. The fraction of sp³-hybridized carbons (Fsp3) is 0.632. The van der Waals surface area contributed by atoms with E-state index in [0.29, 0.717) is 6.04 Å². The van der Waals surface area contributed by atoms with Crippen molar-refractivity contribution in [1.82, 2.24) is 10.2 Å². The normalized spacial score (nSPS) is 29.9. The van der Waals surface area contributed by atoms with Gasteiger partial charge in [0.2, 0.25) is 5.91 Å². The van der Waals surface area contributed by atoms with Crippen molar-refractivity contribution in [2.45, 2.75) is 64.6 Å². The maximum atomic E-state index is 13.5. The maximum Gasteiger partial charge on any atom is 0.227 e. The molecule has 2 heterocycles. The Balaban J connectivity index is 1.78. The molecule has 0 spiro atoms. The third kappa shape index (κ3) is 2.89. The molecule has 0 aromatic heterocycles. The van der Waals surface area contributed by atoms with Crippen LogP contribution in [0.5, 0.6) is 0 Å². The number of nitrogens with one attached hydrogen (secondary N) is 1. The van der Waals surface area contributed by atoms with Gasteiger partial charge in [0, 0.05) is 25.2 Å². The zero-order valence-electron chi connectivity index (χ0n) is 14.1. The van der Waals surface area contributed by atoms with Crippen LogP contribution in [0, 0.1) is 11.2 Å². The fourth-order valence-corrected chi connectivity index (χ4v) is 4.59. The van der Waals surface area contributed by atoms with Crippen molar-refractivity contribution in [1.29, 1.82) is 0 Å². The smallest absolute Gasteiger partial charge is 0.227 e. The molecule has 1 N–H and O–H groups in total. The van der Waals surface area contributed by atoms with E-state index in [0.717, 1.165) is 50.8 Å². The Morgan fingerprint density at radius 2 is 2.22 bits per heavy atom. The van der Waals surface area contributed by atoms with Crippen molar-refractivity contribution >= 4 is 5.91 Å². The molecule has 1 aromatic carbocycles. The molecular formula is C19H27FN2O. The van der Waals surface area contributed by atoms with Gasteiger partial charge >= 0.3 is 0 Å². The molecule has 2 aliphatic rings. The molecule has 2 fully saturated rings. The predicted molar refractivity (Wildman–Crippen MR) is 89.4 cm³/mol. The average molecular weight is 318 g/mol. The summed E-state index contributed by atoms with van der Waals surface area (Å²) in [7, 11) is 0. The highest BCUT2D eigenvalue weighted by molar-refractivity contribution is 5.84. The topological polar surface area (TPSA) is 32.3 Å². The number of halogens is 1. The molecule has 1 aromatic rings. The summed E-state index contributed by atoms with van der Waals surface area (Å²) in [4.78, 5) is 15.2. The highest BCUT2D eigenvalue weighted by Crippen LogP contribution is 2.52. The monoisotopic (exact) mass is 318 g/mol. The Morgan fingerprint density at radius 1 is 1.39 bits per heavy atom. The van der Waals surface area contributed by atoms with Gasteiger partial charge in [0.1, 0.15) is 5.82 Å². The number of hydrogen-bond acceptors (Lipinski definition) is 2. The van der Waals surface area contributed by atoms with E-state index in [1.54, 1.807) is 12.1 Å². The van der Waals surface area contributed by atoms with Crippen molar-refractivity contribution in [3.8, 4) is 0 Å². The summed E-state index contributed by atoms with van der Waals surface area (Å²) in [5.74, 6) is 0.0368. The Labute approximate surface area is 138 Å². The van der Waals surface area contributed by atoms with Crippen LogP contribution in [0.4, 0.5) is 4.39 Å². The molecule has 2 bridgehead atoms. The molecule has 2 aliphatic heterocycles. The van der Waals surface area contributed by atoms with Crippen molar-refractivity contribution in [3.63, 3.8) is 0 Å². The largest absolute Gasteiger partial charge is 0.356 e. The van der Waals surface area contributed by atoms with Gasteiger partial charge in [-0.05, 0) is 49.8 Å². The Hall–Kier alpha value is -1.42. The zero-order valence-corrected chi connectivity index (χ0v) is 14.1. The number of fused-ring (bicyclic) bond motifs is 2. The highest BCUT2D eigenvalue weighted by atomic mass is 19.1. The van der Waals surface area contributed by atoms with Crippen LogP contribution >= 0.6 is 0 Å². The number of nitrogens with zero attached hydrogens (tertiary/aromatic N) is 1. The molecule has 23 heavy (non-hydrogen) atoms. The van der Waals surface area contributed by atoms with Crippen molar-refractivity contribution in [2.75, 3.05) is 6.54 Å². The molecule has 126 valence electrons. The van der Waals surface area contributed by atoms with E-state index in [2.05, 4.69) is 24.1 Å². The molecule has 0 radical (unpaired) electrons. The number of amides is 1. The van der Waals surface area contributed by atoms with Crippen LogP contribution in [0.3, 0.4) is 0 Å². The second kappa shape index (κ2) is 6.60. The summed E-state index contributed by atoms with van der Waals surface area (Å²) < 4.78 is 13.5. The quantitative estimate of drug-likeness (QED) is 0.871. The van der Waals surface area contributed by atoms with Crippen LogP contribution in [0.2, 0.25) is 0 Å². The average Bonchev–Trinajstić information content (AvgIpc) is 3.07. The van der Waals surface area contributed by atoms with Gasteiger partial charge < -0.3 is 5.32 Å². The summed E-state index contributed by atoms with van der Waals surface area (Å²) in [5, 5.41) is 3.12. The lowest BCUT2D eigenvalue weighted by Gasteiger charge is -2.35. The lowest BCUT2D eigenvalue weighted by molar-refractivity contribution is -0.133. The molecule has 2 saturated heterocycles. The first-order chi connectivity index (χ1) is 11.1. The number of benzene rings is 1. The molecular weight excluding hydrogens is 291 g/mol. The minimum atomic E-state index is -0.259. The van der Waals surface area contributed by atoms with Gasteiger partial charge in [-0.15, -0.1) is 0 Å². The molecule has 3 rings (SSSR count). The fourth-order valence-electron chi connectivity index (χ4n) is 4.59. The van der Waals surface area contributed by atoms with Crippen LogP contribution in [-0.2, 0) is 11.3 Å². The molecule has 1 amide bonds. The first-order valence-corrected chi connectivity index (χ1v) is 8.89. The third-order valence-electron chi connectivity index (χ3n) is 5.75. The number of carbonyl (C=O) groups is 1. The predicted octanol–water partition coefficient (Wildman–Crippen LogP) is 3.49. The summed E-state index contributed by atoms with van der Waals surface area (Å²) in [6.45, 7) is 5.71. The molecule has 0 unspecified atom stereocenters. The van der Waals surface area contributed by atoms with Crippen molar-refractivity contribution in [3.05, 3.63) is 35.6 Å². The maximum absolute atomic E-state index is 13.5. The number of hydrogen-bond donors (Lipinski definition) is 1. The number of carbonyl (C=O) groups excluding carboxylic acids is 1. The minimum Gasteiger partial charge on any atom is -0.356 e. The van der Waals surface area contributed by atoms with Gasteiger partial charge in [-0.25, -0.2) is 4.39 Å². The third-order valence-corrected chi connectivity index (χ3v) is 5.75. The van der Waals surface area contributed by atoms with E-state index >= 15 is 0 Å². The van der Waals surface area contributed by atoms with Gasteiger partial charge in [0.05, 0.1) is 5.41 Å². The summed E-state index contributed by atoms with van der Waals surface area (Å²) in [6.07, 6.45) is 5.02. The lowest BCUT2D eigenvalue weighted by atomic mass is 9.71. The molecule has 0 saturated carbocycles. The molecule has 0 aliphatic carbocycles. The Kier molecular flexibility index (Phi) is 4.72. The van der Waals surface area contributed by atoms with Crippen molar-refractivity contribution in [2.24, 2.45) is 5.41 Å². The SMILES string of the molecule is CCCNC(=O)[C@]1(CC)C[C@@H]2CC[C@H]1N2Cc1cccc(F)c1. The van der Waals surface area contributed by atoms with Gasteiger partial charge in [0.25, 0.3) is 0 Å². The van der Waals surface area contributed by atoms with Crippen LogP contribution in [-0.4, -0.2) is 29.4 Å². The van der Waals surface area contributed by atoms with Crippen LogP contribution in [0.15, 0.2) is 24.3 Å². The second-order valence-corrected chi connectivity index (χ2v) is 7.02. The van der Waals surface area contributed by atoms with E-state index in [1.165, 1.54) is 6.07 Å². The Morgan fingerprint density at radius 3 is 2.91 bits per heavy atom. The van der Waals surface area contributed by atoms with Crippen LogP contribution in [0.1, 0.15) is 51.5 Å². The molecule has 3 nitrogen and oxygen atoms in total. The van der Waals surface area contributed by atoms with Gasteiger partial charge in [-0.3, -0.25) is 9.69 Å². The van der Waals surface area contributed by atoms with E-state index < -0.39 is 0 Å². The summed E-state index contributed by atoms with van der Waals surface area (Å²) in [6, 6.07) is 7.59. The highest BCUT2D eigenvalue weighted by Gasteiger charge is 2.58. The van der Waals surface area contributed by atoms with Crippen molar-refractivity contribution < 1.29 is 9.18 Å². The van der Waals surface area contributed by atoms with Gasteiger partial charge in [0.15, 0.2) is 0 Å². The standard InChI is InChI=1S/C19H27FN2O/c1-3-10-21-18(23)19(4-2)12-16-8-9-17(19)22(16)13-14-6-5-7-15(20)11-14/h5-7,11,16-17H,3-4,8-10,12-13H2,1-2H3,(H,21,23)/t16-,17+,19+/m0/s1. The van der Waals surface area contributed by atoms with E-state index in [9.17, 15) is 9.18 Å². The number of rotatable bonds is 6. The molecule has 3 atom stereocenters. The zero-order chi connectivity index (χ0) is 16.4. The van der Waals surface area contributed by atoms with Crippen LogP contribution in [0.25, 0.3) is 0 Å². The van der Waals surface area contributed by atoms with Gasteiger partial charge in [-0.1, -0.05) is 26.0 Å².